The number of piperidine rings is 2. The quantitative estimate of drug-likeness (QED) is 0.874. The van der Waals surface area contributed by atoms with Crippen molar-refractivity contribution in [1.29, 1.82) is 0 Å². The van der Waals surface area contributed by atoms with Gasteiger partial charge in [-0.05, 0) is 31.7 Å². The molecule has 0 aromatic carbocycles. The number of carbonyl (C=O) groups is 2. The fraction of sp³-hybridized carbons (Fsp3) is 0.625. The average Bonchev–Trinajstić information content (AvgIpc) is 2.62. The van der Waals surface area contributed by atoms with Crippen LogP contribution in [0.3, 0.4) is 0 Å². The number of aliphatic carboxylic acids is 1. The third kappa shape index (κ3) is 3.33. The van der Waals surface area contributed by atoms with Crippen molar-refractivity contribution in [2.24, 2.45) is 5.92 Å². The predicted molar refractivity (Wildman–Crippen MR) is 87.0 cm³/mol. The summed E-state index contributed by atoms with van der Waals surface area (Å²) in [6, 6.07) is 1.73. The lowest BCUT2D eigenvalue weighted by atomic mass is 9.97. The van der Waals surface area contributed by atoms with Gasteiger partial charge in [-0.25, -0.2) is 4.98 Å². The molecule has 0 saturated carbocycles. The predicted octanol–water partition coefficient (Wildman–Crippen LogP) is 0.919. The van der Waals surface area contributed by atoms with E-state index >= 15 is 0 Å². The number of methoxy groups -OCH3 is 1. The highest BCUT2D eigenvalue weighted by Crippen LogP contribution is 2.24. The lowest BCUT2D eigenvalue weighted by Crippen LogP contribution is -2.45. The van der Waals surface area contributed by atoms with Gasteiger partial charge >= 0.3 is 5.97 Å². The van der Waals surface area contributed by atoms with Crippen molar-refractivity contribution in [1.82, 2.24) is 9.97 Å². The zero-order chi connectivity index (χ0) is 17.1. The average molecular weight is 334 g/mol. The summed E-state index contributed by atoms with van der Waals surface area (Å²) in [6.07, 6.45) is 3.99. The number of aromatic nitrogens is 2. The zero-order valence-corrected chi connectivity index (χ0v) is 13.7. The van der Waals surface area contributed by atoms with Crippen LogP contribution in [0.2, 0.25) is 0 Å². The van der Waals surface area contributed by atoms with Crippen molar-refractivity contribution < 1.29 is 19.4 Å². The van der Waals surface area contributed by atoms with Crippen LogP contribution in [-0.4, -0.2) is 59.8 Å². The third-order valence-corrected chi connectivity index (χ3v) is 4.71. The van der Waals surface area contributed by atoms with Crippen LogP contribution >= 0.6 is 0 Å². The molecule has 1 atom stereocenters. The molecule has 1 aromatic heterocycles. The second-order valence-corrected chi connectivity index (χ2v) is 6.17. The Morgan fingerprint density at radius 3 is 2.71 bits per heavy atom. The van der Waals surface area contributed by atoms with Crippen molar-refractivity contribution in [3.05, 3.63) is 12.3 Å². The summed E-state index contributed by atoms with van der Waals surface area (Å²) in [4.78, 5) is 35.9. The number of nitrogens with zero attached hydrogens (tertiary/aromatic N) is 4. The molecule has 2 fully saturated rings. The van der Waals surface area contributed by atoms with E-state index in [1.165, 1.54) is 0 Å². The molecule has 0 aliphatic carbocycles. The number of carbonyl (C=O) groups excluding carboxylic acids is 1. The summed E-state index contributed by atoms with van der Waals surface area (Å²) in [5, 5.41) is 9.08. The van der Waals surface area contributed by atoms with Gasteiger partial charge in [-0.2, -0.15) is 4.98 Å². The molecule has 0 spiro atoms. The first kappa shape index (κ1) is 16.6. The van der Waals surface area contributed by atoms with Crippen LogP contribution in [0.5, 0.6) is 0 Å². The number of carboxylic acids is 1. The lowest BCUT2D eigenvalue weighted by molar-refractivity contribution is -0.142. The Hall–Kier alpha value is -2.22. The molecule has 3 heterocycles. The van der Waals surface area contributed by atoms with Gasteiger partial charge in [0.1, 0.15) is 11.9 Å². The molecule has 1 aromatic rings. The van der Waals surface area contributed by atoms with Crippen LogP contribution in [0, 0.1) is 5.92 Å². The molecule has 8 heteroatoms. The number of carboxylic acid groups (broad SMARTS) is 1. The minimum atomic E-state index is -0.742. The van der Waals surface area contributed by atoms with E-state index in [0.717, 1.165) is 12.8 Å². The second-order valence-electron chi connectivity index (χ2n) is 6.17. The van der Waals surface area contributed by atoms with Gasteiger partial charge in [0.25, 0.3) is 5.91 Å². The van der Waals surface area contributed by atoms with E-state index in [-0.39, 0.29) is 11.8 Å². The Balaban J connectivity index is 1.73. The van der Waals surface area contributed by atoms with Gasteiger partial charge in [-0.1, -0.05) is 0 Å². The first-order valence-electron chi connectivity index (χ1n) is 8.25. The number of hydrogen-bond donors (Lipinski definition) is 1. The van der Waals surface area contributed by atoms with Gasteiger partial charge in [0.15, 0.2) is 0 Å². The number of amides is 1. The van der Waals surface area contributed by atoms with Crippen LogP contribution < -0.4 is 9.80 Å². The van der Waals surface area contributed by atoms with Gasteiger partial charge in [-0.15, -0.1) is 0 Å². The van der Waals surface area contributed by atoms with Crippen LogP contribution in [0.4, 0.5) is 11.8 Å². The maximum atomic E-state index is 12.4. The Kier molecular flexibility index (Phi) is 4.94. The molecule has 0 radical (unpaired) electrons. The van der Waals surface area contributed by atoms with Crippen LogP contribution in [0.15, 0.2) is 12.3 Å². The first-order valence-corrected chi connectivity index (χ1v) is 8.25. The summed E-state index contributed by atoms with van der Waals surface area (Å²) >= 11 is 0. The molecule has 130 valence electrons. The maximum absolute atomic E-state index is 12.4. The molecule has 24 heavy (non-hydrogen) atoms. The standard InChI is InChI=1S/C16H22N4O4/c1-24-12-3-2-8-20(14(12)21)13-4-7-17-16(18-13)19-9-5-11(6-10-19)15(22)23/h4,7,11-12H,2-3,5-6,8-10H2,1H3,(H,22,23). The normalized spacial score (nSPS) is 22.7. The molecule has 3 rings (SSSR count). The van der Waals surface area contributed by atoms with Crippen LogP contribution in [0.1, 0.15) is 25.7 Å². The highest BCUT2D eigenvalue weighted by atomic mass is 16.5. The first-order chi connectivity index (χ1) is 11.6. The molecule has 2 saturated heterocycles. The van der Waals surface area contributed by atoms with E-state index in [1.54, 1.807) is 24.3 Å². The summed E-state index contributed by atoms with van der Waals surface area (Å²) in [5.41, 5.74) is 0. The Morgan fingerprint density at radius 1 is 1.29 bits per heavy atom. The molecule has 2 aliphatic heterocycles. The minimum Gasteiger partial charge on any atom is -0.481 e. The van der Waals surface area contributed by atoms with Crippen molar-refractivity contribution in [3.63, 3.8) is 0 Å². The molecule has 8 nitrogen and oxygen atoms in total. The van der Waals surface area contributed by atoms with E-state index in [0.29, 0.717) is 44.2 Å². The number of rotatable bonds is 4. The van der Waals surface area contributed by atoms with E-state index in [4.69, 9.17) is 9.84 Å². The van der Waals surface area contributed by atoms with Crippen molar-refractivity contribution >= 4 is 23.6 Å². The Morgan fingerprint density at radius 2 is 2.04 bits per heavy atom. The Labute approximate surface area is 140 Å². The highest BCUT2D eigenvalue weighted by Gasteiger charge is 2.31. The highest BCUT2D eigenvalue weighted by molar-refractivity contribution is 5.96. The van der Waals surface area contributed by atoms with Crippen LogP contribution in [-0.2, 0) is 14.3 Å². The fourth-order valence-electron chi connectivity index (χ4n) is 3.26. The van der Waals surface area contributed by atoms with Crippen molar-refractivity contribution in [3.8, 4) is 0 Å². The van der Waals surface area contributed by atoms with Gasteiger partial charge in [0.2, 0.25) is 5.95 Å². The summed E-state index contributed by atoms with van der Waals surface area (Å²) in [6.45, 7) is 1.83. The van der Waals surface area contributed by atoms with Gasteiger partial charge in [0.05, 0.1) is 5.92 Å². The van der Waals surface area contributed by atoms with Crippen molar-refractivity contribution in [2.45, 2.75) is 31.8 Å². The van der Waals surface area contributed by atoms with Gasteiger partial charge in [0, 0.05) is 32.9 Å². The minimum absolute atomic E-state index is 0.0713. The number of ether oxygens (including phenoxy) is 1. The maximum Gasteiger partial charge on any atom is 0.306 e. The summed E-state index contributed by atoms with van der Waals surface area (Å²) in [7, 11) is 1.55. The topological polar surface area (TPSA) is 95.9 Å². The molecular weight excluding hydrogens is 312 g/mol. The molecular formula is C16H22N4O4. The molecule has 2 aliphatic rings. The van der Waals surface area contributed by atoms with Gasteiger partial charge in [-0.3, -0.25) is 14.5 Å². The van der Waals surface area contributed by atoms with E-state index in [1.807, 2.05) is 4.90 Å². The molecule has 1 amide bonds. The Bertz CT molecular complexity index is 616. The molecule has 0 bridgehead atoms. The fourth-order valence-corrected chi connectivity index (χ4v) is 3.26. The van der Waals surface area contributed by atoms with Gasteiger partial charge < -0.3 is 14.7 Å². The third-order valence-electron chi connectivity index (χ3n) is 4.71. The SMILES string of the molecule is COC1CCCN(c2ccnc(N3CCC(C(=O)O)CC3)n2)C1=O. The van der Waals surface area contributed by atoms with E-state index in [9.17, 15) is 9.59 Å². The molecule has 1 unspecified atom stereocenters. The van der Waals surface area contributed by atoms with Crippen molar-refractivity contribution in [2.75, 3.05) is 36.5 Å². The van der Waals surface area contributed by atoms with E-state index < -0.39 is 12.1 Å². The monoisotopic (exact) mass is 334 g/mol. The summed E-state index contributed by atoms with van der Waals surface area (Å²) < 4.78 is 5.24. The van der Waals surface area contributed by atoms with Crippen LogP contribution in [0.25, 0.3) is 0 Å². The largest absolute Gasteiger partial charge is 0.481 e. The van der Waals surface area contributed by atoms with E-state index in [2.05, 4.69) is 9.97 Å². The number of anilines is 2. The zero-order valence-electron chi connectivity index (χ0n) is 13.7. The molecule has 1 N–H and O–H groups in total. The second kappa shape index (κ2) is 7.12. The lowest BCUT2D eigenvalue weighted by Gasteiger charge is -2.32. The number of hydrogen-bond acceptors (Lipinski definition) is 6. The summed E-state index contributed by atoms with van der Waals surface area (Å²) in [5.74, 6) is 0.0122. The smallest absolute Gasteiger partial charge is 0.306 e.